The highest BCUT2D eigenvalue weighted by Crippen LogP contribution is 2.40. The Morgan fingerprint density at radius 3 is 2.46 bits per heavy atom. The Kier molecular flexibility index (Phi) is 3.06. The van der Waals surface area contributed by atoms with E-state index in [2.05, 4.69) is 27.7 Å². The van der Waals surface area contributed by atoms with Crippen molar-refractivity contribution in [2.45, 2.75) is 65.3 Å². The Bertz CT molecular complexity index is 162. The molecule has 0 aromatic heterocycles. The first kappa shape index (κ1) is 11.0. The van der Waals surface area contributed by atoms with Gasteiger partial charge in [-0.1, -0.05) is 26.7 Å². The van der Waals surface area contributed by atoms with Crippen LogP contribution >= 0.6 is 0 Å². The molecule has 1 fully saturated rings. The highest BCUT2D eigenvalue weighted by molar-refractivity contribution is 4.84. The standard InChI is InChI=1S/C12H25N/c1-11(2)7-5-6-10(8-11)9-12(3,4)13/h10H,5-9,13H2,1-4H3. The summed E-state index contributed by atoms with van der Waals surface area (Å²) in [7, 11) is 0. The molecule has 0 aromatic rings. The average molecular weight is 183 g/mol. The first-order valence-electron chi connectivity index (χ1n) is 5.57. The predicted molar refractivity (Wildman–Crippen MR) is 58.6 cm³/mol. The Labute approximate surface area is 83.1 Å². The van der Waals surface area contributed by atoms with Gasteiger partial charge in [-0.15, -0.1) is 0 Å². The van der Waals surface area contributed by atoms with Crippen molar-refractivity contribution in [1.82, 2.24) is 0 Å². The molecule has 0 saturated heterocycles. The summed E-state index contributed by atoms with van der Waals surface area (Å²) in [5.74, 6) is 0.865. The van der Waals surface area contributed by atoms with E-state index in [-0.39, 0.29) is 5.54 Å². The molecule has 2 N–H and O–H groups in total. The first-order chi connectivity index (χ1) is 5.79. The molecule has 1 rings (SSSR count). The van der Waals surface area contributed by atoms with E-state index in [0.29, 0.717) is 5.41 Å². The van der Waals surface area contributed by atoms with E-state index < -0.39 is 0 Å². The normalized spacial score (nSPS) is 28.8. The predicted octanol–water partition coefficient (Wildman–Crippen LogP) is 3.33. The third kappa shape index (κ3) is 4.12. The summed E-state index contributed by atoms with van der Waals surface area (Å²) in [5.41, 5.74) is 6.64. The van der Waals surface area contributed by atoms with E-state index in [1.54, 1.807) is 0 Å². The van der Waals surface area contributed by atoms with E-state index in [1.807, 2.05) is 0 Å². The molecule has 1 heteroatoms. The van der Waals surface area contributed by atoms with Crippen molar-refractivity contribution in [3.05, 3.63) is 0 Å². The molecule has 1 unspecified atom stereocenters. The number of hydrogen-bond acceptors (Lipinski definition) is 1. The van der Waals surface area contributed by atoms with Crippen LogP contribution in [0.4, 0.5) is 0 Å². The van der Waals surface area contributed by atoms with E-state index >= 15 is 0 Å². The van der Waals surface area contributed by atoms with Gasteiger partial charge in [-0.3, -0.25) is 0 Å². The second kappa shape index (κ2) is 3.61. The molecule has 0 bridgehead atoms. The molecule has 0 aliphatic heterocycles. The Morgan fingerprint density at radius 1 is 1.38 bits per heavy atom. The third-order valence-corrected chi connectivity index (χ3v) is 3.12. The number of rotatable bonds is 2. The Balaban J connectivity index is 2.44. The second-order valence-corrected chi connectivity index (χ2v) is 6.32. The van der Waals surface area contributed by atoms with Crippen molar-refractivity contribution in [3.8, 4) is 0 Å². The monoisotopic (exact) mass is 183 g/mol. The fourth-order valence-corrected chi connectivity index (χ4v) is 2.77. The molecular weight excluding hydrogens is 158 g/mol. The molecule has 1 atom stereocenters. The maximum Gasteiger partial charge on any atom is 0.00996 e. The van der Waals surface area contributed by atoms with Crippen LogP contribution in [0.5, 0.6) is 0 Å². The maximum atomic E-state index is 6.05. The highest BCUT2D eigenvalue weighted by atomic mass is 14.7. The van der Waals surface area contributed by atoms with Crippen LogP contribution in [0.2, 0.25) is 0 Å². The molecule has 0 amide bonds. The van der Waals surface area contributed by atoms with Gasteiger partial charge in [0.15, 0.2) is 0 Å². The summed E-state index contributed by atoms with van der Waals surface area (Å²) in [6.07, 6.45) is 6.75. The summed E-state index contributed by atoms with van der Waals surface area (Å²) in [6, 6.07) is 0. The van der Waals surface area contributed by atoms with Crippen LogP contribution in [0.3, 0.4) is 0 Å². The van der Waals surface area contributed by atoms with Crippen LogP contribution in [0.25, 0.3) is 0 Å². The van der Waals surface area contributed by atoms with Crippen molar-refractivity contribution in [2.75, 3.05) is 0 Å². The smallest absolute Gasteiger partial charge is 0.00996 e. The van der Waals surface area contributed by atoms with Gasteiger partial charge in [0, 0.05) is 5.54 Å². The second-order valence-electron chi connectivity index (χ2n) is 6.32. The molecular formula is C12H25N. The lowest BCUT2D eigenvalue weighted by atomic mass is 9.69. The molecule has 0 radical (unpaired) electrons. The van der Waals surface area contributed by atoms with Crippen molar-refractivity contribution in [3.63, 3.8) is 0 Å². The highest BCUT2D eigenvalue weighted by Gasteiger charge is 2.30. The minimum Gasteiger partial charge on any atom is -0.326 e. The van der Waals surface area contributed by atoms with Gasteiger partial charge in [0.25, 0.3) is 0 Å². The van der Waals surface area contributed by atoms with Crippen molar-refractivity contribution in [2.24, 2.45) is 17.1 Å². The van der Waals surface area contributed by atoms with Gasteiger partial charge >= 0.3 is 0 Å². The zero-order valence-corrected chi connectivity index (χ0v) is 9.69. The molecule has 1 aliphatic rings. The minimum absolute atomic E-state index is 0.0259. The van der Waals surface area contributed by atoms with Gasteiger partial charge in [0.2, 0.25) is 0 Å². The third-order valence-electron chi connectivity index (χ3n) is 3.12. The van der Waals surface area contributed by atoms with E-state index in [9.17, 15) is 0 Å². The average Bonchev–Trinajstić information content (AvgIpc) is 1.79. The van der Waals surface area contributed by atoms with Gasteiger partial charge in [0.1, 0.15) is 0 Å². The summed E-state index contributed by atoms with van der Waals surface area (Å²) >= 11 is 0. The molecule has 13 heavy (non-hydrogen) atoms. The van der Waals surface area contributed by atoms with Gasteiger partial charge in [-0.25, -0.2) is 0 Å². The van der Waals surface area contributed by atoms with Crippen LogP contribution in [-0.2, 0) is 0 Å². The number of nitrogens with two attached hydrogens (primary N) is 1. The Hall–Kier alpha value is -0.0400. The molecule has 0 aromatic carbocycles. The van der Waals surface area contributed by atoms with Crippen LogP contribution in [0.1, 0.15) is 59.8 Å². The molecule has 0 heterocycles. The minimum atomic E-state index is 0.0259. The van der Waals surface area contributed by atoms with Gasteiger partial charge in [0.05, 0.1) is 0 Å². The zero-order valence-electron chi connectivity index (χ0n) is 9.69. The molecule has 78 valence electrons. The fourth-order valence-electron chi connectivity index (χ4n) is 2.77. The SMILES string of the molecule is CC(C)(N)CC1CCCC(C)(C)C1. The molecule has 1 nitrogen and oxygen atoms in total. The van der Waals surface area contributed by atoms with Crippen molar-refractivity contribution in [1.29, 1.82) is 0 Å². The largest absolute Gasteiger partial charge is 0.326 e. The zero-order chi connectivity index (χ0) is 10.1. The maximum absolute atomic E-state index is 6.05. The van der Waals surface area contributed by atoms with E-state index in [1.165, 1.54) is 32.1 Å². The van der Waals surface area contributed by atoms with E-state index in [0.717, 1.165) is 5.92 Å². The summed E-state index contributed by atoms with van der Waals surface area (Å²) in [4.78, 5) is 0. The quantitative estimate of drug-likeness (QED) is 0.698. The fraction of sp³-hybridized carbons (Fsp3) is 1.00. The topological polar surface area (TPSA) is 26.0 Å². The molecule has 1 aliphatic carbocycles. The summed E-state index contributed by atoms with van der Waals surface area (Å²) in [6.45, 7) is 9.08. The van der Waals surface area contributed by atoms with Crippen LogP contribution < -0.4 is 5.73 Å². The van der Waals surface area contributed by atoms with Crippen LogP contribution in [0.15, 0.2) is 0 Å². The Morgan fingerprint density at radius 2 is 2.00 bits per heavy atom. The van der Waals surface area contributed by atoms with Crippen molar-refractivity contribution >= 4 is 0 Å². The lowest BCUT2D eigenvalue weighted by Gasteiger charge is -2.37. The van der Waals surface area contributed by atoms with Gasteiger partial charge in [-0.2, -0.15) is 0 Å². The van der Waals surface area contributed by atoms with Crippen molar-refractivity contribution < 1.29 is 0 Å². The van der Waals surface area contributed by atoms with Crippen LogP contribution in [-0.4, -0.2) is 5.54 Å². The molecule has 1 saturated carbocycles. The van der Waals surface area contributed by atoms with Gasteiger partial charge < -0.3 is 5.73 Å². The lowest BCUT2D eigenvalue weighted by Crippen LogP contribution is -2.36. The first-order valence-corrected chi connectivity index (χ1v) is 5.57. The number of hydrogen-bond donors (Lipinski definition) is 1. The summed E-state index contributed by atoms with van der Waals surface area (Å²) < 4.78 is 0. The van der Waals surface area contributed by atoms with Gasteiger partial charge in [-0.05, 0) is 44.4 Å². The summed E-state index contributed by atoms with van der Waals surface area (Å²) in [5, 5.41) is 0. The molecule has 0 spiro atoms. The van der Waals surface area contributed by atoms with Crippen LogP contribution in [0, 0.1) is 11.3 Å². The van der Waals surface area contributed by atoms with E-state index in [4.69, 9.17) is 5.73 Å². The lowest BCUT2D eigenvalue weighted by molar-refractivity contribution is 0.156.